The summed E-state index contributed by atoms with van der Waals surface area (Å²) < 4.78 is 1.67. The molecule has 0 radical (unpaired) electrons. The summed E-state index contributed by atoms with van der Waals surface area (Å²) in [7, 11) is 0. The van der Waals surface area contributed by atoms with Crippen LogP contribution in [0.5, 0.6) is 0 Å². The average molecular weight is 457 g/mol. The molecule has 8 heteroatoms. The van der Waals surface area contributed by atoms with E-state index in [-0.39, 0.29) is 12.3 Å². The molecule has 0 aliphatic rings. The first-order valence-corrected chi connectivity index (χ1v) is 10.9. The molecule has 0 unspecified atom stereocenters. The maximum Gasteiger partial charge on any atom is 0.231 e. The van der Waals surface area contributed by atoms with Crippen LogP contribution in [0.4, 0.5) is 5.82 Å². The van der Waals surface area contributed by atoms with Gasteiger partial charge >= 0.3 is 0 Å². The summed E-state index contributed by atoms with van der Waals surface area (Å²) in [6.07, 6.45) is 5.06. The molecule has 0 aliphatic carbocycles. The van der Waals surface area contributed by atoms with Crippen LogP contribution in [0, 0.1) is 11.3 Å². The number of carbonyl (C=O) groups excluding carboxylic acids is 1. The highest BCUT2D eigenvalue weighted by Crippen LogP contribution is 2.26. The molecule has 0 atom stereocenters. The van der Waals surface area contributed by atoms with Crippen LogP contribution in [0.25, 0.3) is 28.1 Å². The van der Waals surface area contributed by atoms with Crippen LogP contribution < -0.4 is 5.32 Å². The van der Waals surface area contributed by atoms with E-state index in [1.54, 1.807) is 41.5 Å². The number of amides is 1. The number of aromatic nitrogens is 5. The maximum atomic E-state index is 12.9. The Morgan fingerprint density at radius 1 is 0.886 bits per heavy atom. The van der Waals surface area contributed by atoms with Gasteiger partial charge in [0.25, 0.3) is 0 Å². The van der Waals surface area contributed by atoms with Gasteiger partial charge in [0.1, 0.15) is 11.5 Å². The van der Waals surface area contributed by atoms with E-state index >= 15 is 0 Å². The van der Waals surface area contributed by atoms with E-state index in [0.29, 0.717) is 22.8 Å². The van der Waals surface area contributed by atoms with Crippen molar-refractivity contribution in [2.75, 3.05) is 5.32 Å². The minimum absolute atomic E-state index is 0.00251. The second-order valence-corrected chi connectivity index (χ2v) is 7.71. The molecular weight excluding hydrogens is 438 g/mol. The predicted octanol–water partition coefficient (Wildman–Crippen LogP) is 4.44. The standard InChI is InChI=1S/C27H19N7O/c28-17-19-6-8-21(9-7-19)27-24(32-33-34(27)23-12-14-29-15-13-23)16-26(35)31-25-11-10-22(18-30-25)20-4-2-1-3-5-20/h1-15,18H,16H2,(H,30,31,35). The van der Waals surface area contributed by atoms with Crippen molar-refractivity contribution in [3.8, 4) is 34.1 Å². The molecule has 5 aromatic rings. The number of nitrogens with zero attached hydrogens (tertiary/aromatic N) is 6. The highest BCUT2D eigenvalue weighted by molar-refractivity contribution is 5.92. The number of pyridine rings is 2. The summed E-state index contributed by atoms with van der Waals surface area (Å²) in [5, 5.41) is 20.6. The zero-order valence-corrected chi connectivity index (χ0v) is 18.5. The molecule has 0 saturated heterocycles. The monoisotopic (exact) mass is 457 g/mol. The van der Waals surface area contributed by atoms with Gasteiger partial charge < -0.3 is 5.32 Å². The Morgan fingerprint density at radius 2 is 1.63 bits per heavy atom. The van der Waals surface area contributed by atoms with Crippen molar-refractivity contribution in [2.24, 2.45) is 0 Å². The Hall–Kier alpha value is -5.16. The second kappa shape index (κ2) is 9.77. The third kappa shape index (κ3) is 4.79. The van der Waals surface area contributed by atoms with Crippen LogP contribution in [0.15, 0.2) is 97.5 Å². The number of hydrogen-bond donors (Lipinski definition) is 1. The van der Waals surface area contributed by atoms with E-state index < -0.39 is 0 Å². The average Bonchev–Trinajstić information content (AvgIpc) is 3.33. The quantitative estimate of drug-likeness (QED) is 0.404. The summed E-state index contributed by atoms with van der Waals surface area (Å²) in [4.78, 5) is 21.3. The molecule has 35 heavy (non-hydrogen) atoms. The van der Waals surface area contributed by atoms with Gasteiger partial charge in [-0.05, 0) is 42.0 Å². The van der Waals surface area contributed by atoms with Gasteiger partial charge in [0.05, 0.1) is 29.4 Å². The fourth-order valence-corrected chi connectivity index (χ4v) is 3.70. The topological polar surface area (TPSA) is 109 Å². The van der Waals surface area contributed by atoms with Gasteiger partial charge in [-0.3, -0.25) is 9.78 Å². The molecule has 0 aliphatic heterocycles. The zero-order valence-electron chi connectivity index (χ0n) is 18.5. The molecule has 0 fully saturated rings. The number of nitriles is 1. The highest BCUT2D eigenvalue weighted by Gasteiger charge is 2.19. The number of nitrogens with one attached hydrogen (secondary N) is 1. The van der Waals surface area contributed by atoms with Crippen molar-refractivity contribution >= 4 is 11.7 Å². The van der Waals surface area contributed by atoms with E-state index in [1.807, 2.05) is 60.7 Å². The molecule has 3 aromatic heterocycles. The van der Waals surface area contributed by atoms with Gasteiger partial charge in [0.15, 0.2) is 0 Å². The minimum Gasteiger partial charge on any atom is -0.310 e. The predicted molar refractivity (Wildman–Crippen MR) is 131 cm³/mol. The SMILES string of the molecule is N#Cc1ccc(-c2c(CC(=O)Nc3ccc(-c4ccccc4)cn3)nnn2-c2ccncc2)cc1. The number of carbonyl (C=O) groups is 1. The van der Waals surface area contributed by atoms with Crippen LogP contribution in [0.3, 0.4) is 0 Å². The molecule has 0 saturated carbocycles. The summed E-state index contributed by atoms with van der Waals surface area (Å²) >= 11 is 0. The minimum atomic E-state index is -0.262. The molecule has 3 heterocycles. The third-order valence-corrected chi connectivity index (χ3v) is 5.40. The van der Waals surface area contributed by atoms with Crippen LogP contribution >= 0.6 is 0 Å². The first kappa shape index (κ1) is 21.7. The van der Waals surface area contributed by atoms with Crippen LogP contribution in [-0.4, -0.2) is 30.9 Å². The molecule has 168 valence electrons. The van der Waals surface area contributed by atoms with E-state index in [2.05, 4.69) is 31.7 Å². The largest absolute Gasteiger partial charge is 0.310 e. The van der Waals surface area contributed by atoms with Crippen LogP contribution in [0.2, 0.25) is 0 Å². The Morgan fingerprint density at radius 3 is 2.31 bits per heavy atom. The smallest absolute Gasteiger partial charge is 0.231 e. The van der Waals surface area contributed by atoms with Gasteiger partial charge in [0.2, 0.25) is 5.91 Å². The highest BCUT2D eigenvalue weighted by atomic mass is 16.1. The fourth-order valence-electron chi connectivity index (χ4n) is 3.70. The van der Waals surface area contributed by atoms with E-state index in [1.165, 1.54) is 0 Å². The van der Waals surface area contributed by atoms with Gasteiger partial charge in [-0.1, -0.05) is 47.7 Å². The lowest BCUT2D eigenvalue weighted by Gasteiger charge is -2.09. The lowest BCUT2D eigenvalue weighted by atomic mass is 10.1. The Balaban J connectivity index is 1.40. The lowest BCUT2D eigenvalue weighted by molar-refractivity contribution is -0.115. The molecule has 8 nitrogen and oxygen atoms in total. The lowest BCUT2D eigenvalue weighted by Crippen LogP contribution is -2.16. The number of hydrogen-bond acceptors (Lipinski definition) is 6. The molecule has 1 N–H and O–H groups in total. The molecule has 5 rings (SSSR count). The van der Waals surface area contributed by atoms with Crippen molar-refractivity contribution in [2.45, 2.75) is 6.42 Å². The molecule has 0 spiro atoms. The molecule has 0 bridgehead atoms. The number of rotatable bonds is 6. The van der Waals surface area contributed by atoms with Crippen molar-refractivity contribution in [1.29, 1.82) is 5.26 Å². The normalized spacial score (nSPS) is 10.5. The first-order valence-electron chi connectivity index (χ1n) is 10.9. The maximum absolute atomic E-state index is 12.9. The van der Waals surface area contributed by atoms with Gasteiger partial charge in [-0.2, -0.15) is 5.26 Å². The summed E-state index contributed by atoms with van der Waals surface area (Å²) in [5.74, 6) is 0.192. The van der Waals surface area contributed by atoms with Crippen molar-refractivity contribution in [3.05, 3.63) is 109 Å². The zero-order chi connectivity index (χ0) is 24.0. The van der Waals surface area contributed by atoms with Crippen molar-refractivity contribution in [1.82, 2.24) is 25.0 Å². The second-order valence-electron chi connectivity index (χ2n) is 7.71. The number of benzene rings is 2. The Kier molecular flexibility index (Phi) is 6.05. The van der Waals surface area contributed by atoms with Gasteiger partial charge in [-0.15, -0.1) is 5.10 Å². The van der Waals surface area contributed by atoms with E-state index in [4.69, 9.17) is 5.26 Å². The van der Waals surface area contributed by atoms with Crippen molar-refractivity contribution in [3.63, 3.8) is 0 Å². The Bertz CT molecular complexity index is 1490. The van der Waals surface area contributed by atoms with Crippen molar-refractivity contribution < 1.29 is 4.79 Å². The van der Waals surface area contributed by atoms with Gasteiger partial charge in [-0.25, -0.2) is 9.67 Å². The van der Waals surface area contributed by atoms with Crippen LogP contribution in [0.1, 0.15) is 11.3 Å². The Labute approximate surface area is 201 Å². The van der Waals surface area contributed by atoms with Gasteiger partial charge in [0, 0.05) is 29.7 Å². The first-order chi connectivity index (χ1) is 17.2. The summed E-state index contributed by atoms with van der Waals surface area (Å²) in [6, 6.07) is 26.4. The summed E-state index contributed by atoms with van der Waals surface area (Å²) in [6.45, 7) is 0. The fraction of sp³-hybridized carbons (Fsp3) is 0.0370. The van der Waals surface area contributed by atoms with E-state index in [0.717, 1.165) is 22.4 Å². The molecular formula is C27H19N7O. The van der Waals surface area contributed by atoms with E-state index in [9.17, 15) is 4.79 Å². The molecule has 1 amide bonds. The number of anilines is 1. The third-order valence-electron chi connectivity index (χ3n) is 5.40. The van der Waals surface area contributed by atoms with Crippen LogP contribution in [-0.2, 0) is 11.2 Å². The summed E-state index contributed by atoms with van der Waals surface area (Å²) in [5.41, 5.74) is 5.29. The molecule has 2 aromatic carbocycles.